The van der Waals surface area contributed by atoms with Gasteiger partial charge in [0.25, 0.3) is 0 Å². The molecule has 94 valence electrons. The Morgan fingerprint density at radius 1 is 1.50 bits per heavy atom. The number of nitro benzene ring substituents is 1. The normalized spacial score (nSPS) is 22.4. The molecule has 1 aliphatic carbocycles. The molecule has 0 aromatic heterocycles. The standard InChI is InChI=1S/C12H12N2O4/c13-7-8-4-5-11(9(6-8)14(16)17)18-12-3-1-2-10(12)15/h4-6,10,12,15H,1-3H2/t10-,12-/m0/s1. The molecule has 1 aromatic carbocycles. The average molecular weight is 248 g/mol. The Bertz CT molecular complexity index is 509. The second-order valence-corrected chi connectivity index (χ2v) is 4.21. The summed E-state index contributed by atoms with van der Waals surface area (Å²) < 4.78 is 5.48. The van der Waals surface area contributed by atoms with Crippen LogP contribution in [0.15, 0.2) is 18.2 Å². The van der Waals surface area contributed by atoms with Crippen LogP contribution >= 0.6 is 0 Å². The Labute approximate surface area is 104 Å². The van der Waals surface area contributed by atoms with Crippen molar-refractivity contribution < 1.29 is 14.8 Å². The summed E-state index contributed by atoms with van der Waals surface area (Å²) in [7, 11) is 0. The van der Waals surface area contributed by atoms with E-state index in [1.807, 2.05) is 6.07 Å². The van der Waals surface area contributed by atoms with Crippen LogP contribution in [0.4, 0.5) is 5.69 Å². The molecule has 1 fully saturated rings. The lowest BCUT2D eigenvalue weighted by Gasteiger charge is -2.16. The fourth-order valence-corrected chi connectivity index (χ4v) is 2.04. The third-order valence-electron chi connectivity index (χ3n) is 2.98. The minimum Gasteiger partial charge on any atom is -0.481 e. The topological polar surface area (TPSA) is 96.4 Å². The van der Waals surface area contributed by atoms with Gasteiger partial charge in [-0.1, -0.05) is 0 Å². The molecule has 0 bridgehead atoms. The van der Waals surface area contributed by atoms with E-state index in [9.17, 15) is 15.2 Å². The molecule has 0 heterocycles. The van der Waals surface area contributed by atoms with Gasteiger partial charge in [0.05, 0.1) is 22.7 Å². The van der Waals surface area contributed by atoms with E-state index in [1.54, 1.807) is 0 Å². The highest BCUT2D eigenvalue weighted by molar-refractivity contribution is 5.51. The Kier molecular flexibility index (Phi) is 3.44. The summed E-state index contributed by atoms with van der Waals surface area (Å²) in [6.07, 6.45) is 1.18. The van der Waals surface area contributed by atoms with Gasteiger partial charge in [-0.2, -0.15) is 5.26 Å². The second kappa shape index (κ2) is 5.02. The first kappa shape index (κ1) is 12.3. The zero-order valence-corrected chi connectivity index (χ0v) is 9.57. The Hall–Kier alpha value is -2.13. The Morgan fingerprint density at radius 3 is 2.83 bits per heavy atom. The summed E-state index contributed by atoms with van der Waals surface area (Å²) in [6, 6.07) is 5.89. The summed E-state index contributed by atoms with van der Waals surface area (Å²) >= 11 is 0. The van der Waals surface area contributed by atoms with Gasteiger partial charge < -0.3 is 9.84 Å². The highest BCUT2D eigenvalue weighted by Crippen LogP contribution is 2.32. The maximum atomic E-state index is 10.9. The van der Waals surface area contributed by atoms with Gasteiger partial charge in [-0.15, -0.1) is 0 Å². The fraction of sp³-hybridized carbons (Fsp3) is 0.417. The van der Waals surface area contributed by atoms with Crippen LogP contribution in [0.2, 0.25) is 0 Å². The van der Waals surface area contributed by atoms with Gasteiger partial charge in [0.1, 0.15) is 6.10 Å². The van der Waals surface area contributed by atoms with Gasteiger partial charge in [0.2, 0.25) is 0 Å². The van der Waals surface area contributed by atoms with E-state index < -0.39 is 17.1 Å². The average Bonchev–Trinajstić information content (AvgIpc) is 2.75. The maximum absolute atomic E-state index is 10.9. The number of ether oxygens (including phenoxy) is 1. The van der Waals surface area contributed by atoms with Crippen molar-refractivity contribution in [1.29, 1.82) is 5.26 Å². The van der Waals surface area contributed by atoms with Crippen LogP contribution in [0, 0.1) is 21.4 Å². The van der Waals surface area contributed by atoms with E-state index in [0.717, 1.165) is 6.42 Å². The van der Waals surface area contributed by atoms with Gasteiger partial charge in [-0.3, -0.25) is 10.1 Å². The van der Waals surface area contributed by atoms with E-state index in [4.69, 9.17) is 10.00 Å². The van der Waals surface area contributed by atoms with E-state index in [2.05, 4.69) is 0 Å². The number of hydrogen-bond acceptors (Lipinski definition) is 5. The van der Waals surface area contributed by atoms with Crippen molar-refractivity contribution >= 4 is 5.69 Å². The van der Waals surface area contributed by atoms with Gasteiger partial charge in [0, 0.05) is 6.07 Å². The highest BCUT2D eigenvalue weighted by atomic mass is 16.6. The van der Waals surface area contributed by atoms with Crippen LogP contribution in [-0.2, 0) is 0 Å². The molecule has 0 saturated heterocycles. The molecule has 6 nitrogen and oxygen atoms in total. The van der Waals surface area contributed by atoms with Crippen molar-refractivity contribution in [1.82, 2.24) is 0 Å². The van der Waals surface area contributed by atoms with Crippen molar-refractivity contribution in [3.63, 3.8) is 0 Å². The summed E-state index contributed by atoms with van der Waals surface area (Å²) in [4.78, 5) is 10.3. The zero-order chi connectivity index (χ0) is 13.1. The zero-order valence-electron chi connectivity index (χ0n) is 9.57. The van der Waals surface area contributed by atoms with Crippen LogP contribution in [-0.4, -0.2) is 22.2 Å². The summed E-state index contributed by atoms with van der Waals surface area (Å²) in [5.41, 5.74) is -0.0332. The highest BCUT2D eigenvalue weighted by Gasteiger charge is 2.29. The van der Waals surface area contributed by atoms with Crippen LogP contribution in [0.1, 0.15) is 24.8 Å². The molecule has 0 aliphatic heterocycles. The summed E-state index contributed by atoms with van der Waals surface area (Å²) in [5.74, 6) is 0.102. The largest absolute Gasteiger partial charge is 0.481 e. The number of nitriles is 1. The Balaban J connectivity index is 2.27. The molecule has 1 aromatic rings. The van der Waals surface area contributed by atoms with Crippen LogP contribution < -0.4 is 4.74 Å². The first-order valence-corrected chi connectivity index (χ1v) is 5.65. The fourth-order valence-electron chi connectivity index (χ4n) is 2.04. The number of nitro groups is 1. The number of nitrogens with zero attached hydrogens (tertiary/aromatic N) is 2. The first-order chi connectivity index (χ1) is 8.61. The van der Waals surface area contributed by atoms with Crippen molar-refractivity contribution in [2.24, 2.45) is 0 Å². The molecule has 1 saturated carbocycles. The molecule has 0 radical (unpaired) electrons. The van der Waals surface area contributed by atoms with Gasteiger partial charge in [-0.25, -0.2) is 0 Å². The predicted molar refractivity (Wildman–Crippen MR) is 62.1 cm³/mol. The third-order valence-corrected chi connectivity index (χ3v) is 2.98. The molecule has 2 rings (SSSR count). The van der Waals surface area contributed by atoms with Crippen molar-refractivity contribution in [2.45, 2.75) is 31.5 Å². The molecule has 1 aliphatic rings. The van der Waals surface area contributed by atoms with Gasteiger partial charge in [0.15, 0.2) is 5.75 Å². The lowest BCUT2D eigenvalue weighted by Crippen LogP contribution is -2.25. The van der Waals surface area contributed by atoms with E-state index >= 15 is 0 Å². The molecular weight excluding hydrogens is 236 g/mol. The molecule has 6 heteroatoms. The van der Waals surface area contributed by atoms with E-state index in [0.29, 0.717) is 12.8 Å². The van der Waals surface area contributed by atoms with E-state index in [1.165, 1.54) is 18.2 Å². The van der Waals surface area contributed by atoms with Crippen LogP contribution in [0.3, 0.4) is 0 Å². The molecular formula is C12H12N2O4. The Morgan fingerprint density at radius 2 is 2.28 bits per heavy atom. The van der Waals surface area contributed by atoms with Crippen LogP contribution in [0.5, 0.6) is 5.75 Å². The van der Waals surface area contributed by atoms with Crippen molar-refractivity contribution in [3.05, 3.63) is 33.9 Å². The first-order valence-electron chi connectivity index (χ1n) is 5.65. The number of aliphatic hydroxyl groups is 1. The lowest BCUT2D eigenvalue weighted by molar-refractivity contribution is -0.386. The monoisotopic (exact) mass is 248 g/mol. The molecule has 2 atom stereocenters. The molecule has 0 unspecified atom stereocenters. The molecule has 1 N–H and O–H groups in total. The van der Waals surface area contributed by atoms with Gasteiger partial charge >= 0.3 is 5.69 Å². The predicted octanol–water partition coefficient (Wildman–Crippen LogP) is 1.76. The maximum Gasteiger partial charge on any atom is 0.312 e. The number of hydrogen-bond donors (Lipinski definition) is 1. The third kappa shape index (κ3) is 2.41. The molecule has 0 amide bonds. The number of aliphatic hydroxyl groups excluding tert-OH is 1. The second-order valence-electron chi connectivity index (χ2n) is 4.21. The smallest absolute Gasteiger partial charge is 0.312 e. The summed E-state index contributed by atoms with van der Waals surface area (Å²) in [6.45, 7) is 0. The quantitative estimate of drug-likeness (QED) is 0.649. The van der Waals surface area contributed by atoms with Gasteiger partial charge in [-0.05, 0) is 31.4 Å². The van der Waals surface area contributed by atoms with E-state index in [-0.39, 0.29) is 17.0 Å². The minimum atomic E-state index is -0.586. The minimum absolute atomic E-state index is 0.102. The molecule has 18 heavy (non-hydrogen) atoms. The number of benzene rings is 1. The SMILES string of the molecule is N#Cc1ccc(O[C@H]2CCC[C@@H]2O)c([N+](=O)[O-])c1. The lowest BCUT2D eigenvalue weighted by atomic mass is 10.2. The van der Waals surface area contributed by atoms with Crippen LogP contribution in [0.25, 0.3) is 0 Å². The van der Waals surface area contributed by atoms with Crippen molar-refractivity contribution in [2.75, 3.05) is 0 Å². The number of rotatable bonds is 3. The summed E-state index contributed by atoms with van der Waals surface area (Å²) in [5, 5.41) is 29.2. The van der Waals surface area contributed by atoms with Crippen molar-refractivity contribution in [3.8, 4) is 11.8 Å². The molecule has 0 spiro atoms.